The Morgan fingerprint density at radius 1 is 1.07 bits per heavy atom. The third kappa shape index (κ3) is 6.14. The number of methoxy groups -OCH3 is 1. The van der Waals surface area contributed by atoms with Gasteiger partial charge in [0.1, 0.15) is 29.5 Å². The van der Waals surface area contributed by atoms with Crippen molar-refractivity contribution in [1.82, 2.24) is 29.6 Å². The van der Waals surface area contributed by atoms with Crippen molar-refractivity contribution >= 4 is 34.0 Å². The van der Waals surface area contributed by atoms with Crippen LogP contribution in [0, 0.1) is 12.7 Å². The van der Waals surface area contributed by atoms with E-state index in [0.29, 0.717) is 47.2 Å². The van der Waals surface area contributed by atoms with Crippen LogP contribution in [0.5, 0.6) is 17.4 Å². The fourth-order valence-corrected chi connectivity index (χ4v) is 5.07. The average Bonchev–Trinajstić information content (AvgIpc) is 3.51. The molecule has 0 atom stereocenters. The van der Waals surface area contributed by atoms with E-state index in [1.165, 1.54) is 18.5 Å². The molecule has 1 fully saturated rings. The highest BCUT2D eigenvalue weighted by Gasteiger charge is 2.23. The molecule has 3 aromatic heterocycles. The number of piperidine rings is 1. The summed E-state index contributed by atoms with van der Waals surface area (Å²) >= 11 is 0. The van der Waals surface area contributed by atoms with Gasteiger partial charge in [0.25, 0.3) is 0 Å². The summed E-state index contributed by atoms with van der Waals surface area (Å²) < 4.78 is 28.4. The first kappa shape index (κ1) is 28.6. The number of nitrogens with one attached hydrogen (secondary N) is 2. The molecule has 0 bridgehead atoms. The van der Waals surface area contributed by atoms with Crippen LogP contribution in [0.15, 0.2) is 79.9 Å². The molecule has 1 saturated heterocycles. The molecule has 4 heterocycles. The lowest BCUT2D eigenvalue weighted by molar-refractivity contribution is -0.126. The Hall–Kier alpha value is -5.52. The van der Waals surface area contributed by atoms with Crippen LogP contribution in [0.4, 0.5) is 21.6 Å². The van der Waals surface area contributed by atoms with Crippen molar-refractivity contribution in [2.75, 3.05) is 30.8 Å². The van der Waals surface area contributed by atoms with Gasteiger partial charge in [-0.2, -0.15) is 0 Å². The Morgan fingerprint density at radius 3 is 2.64 bits per heavy atom. The van der Waals surface area contributed by atoms with Crippen LogP contribution in [-0.4, -0.2) is 61.8 Å². The van der Waals surface area contributed by atoms with Gasteiger partial charge in [0, 0.05) is 54.6 Å². The highest BCUT2D eigenvalue weighted by atomic mass is 19.1. The number of aryl methyl sites for hydroxylation is 1. The van der Waals surface area contributed by atoms with Gasteiger partial charge in [0.2, 0.25) is 11.8 Å². The minimum Gasteiger partial charge on any atom is -0.495 e. The van der Waals surface area contributed by atoms with Crippen LogP contribution in [0.3, 0.4) is 0 Å². The molecule has 6 rings (SSSR count). The predicted octanol–water partition coefficient (Wildman–Crippen LogP) is 5.79. The monoisotopic (exact) mass is 594 g/mol. The second kappa shape index (κ2) is 12.4. The number of ether oxygens (including phenoxy) is 2. The number of rotatable bonds is 9. The Labute approximate surface area is 253 Å². The minimum atomic E-state index is -0.524. The van der Waals surface area contributed by atoms with Gasteiger partial charge >= 0.3 is 0 Å². The van der Waals surface area contributed by atoms with Crippen molar-refractivity contribution in [3.8, 4) is 23.1 Å². The van der Waals surface area contributed by atoms with E-state index in [1.807, 2.05) is 31.2 Å². The van der Waals surface area contributed by atoms with E-state index in [9.17, 15) is 4.79 Å². The van der Waals surface area contributed by atoms with Gasteiger partial charge in [0.05, 0.1) is 35.9 Å². The van der Waals surface area contributed by atoms with Gasteiger partial charge in [-0.25, -0.2) is 19.0 Å². The van der Waals surface area contributed by atoms with Gasteiger partial charge in [0.15, 0.2) is 0 Å². The number of pyridine rings is 1. The molecule has 0 spiro atoms. The van der Waals surface area contributed by atoms with Gasteiger partial charge in [-0.15, -0.1) is 5.10 Å². The molecule has 11 nitrogen and oxygen atoms in total. The number of hydrogen-bond donors (Lipinski definition) is 2. The van der Waals surface area contributed by atoms with Crippen molar-refractivity contribution in [3.05, 3.63) is 91.4 Å². The number of carbonyl (C=O) groups is 1. The fraction of sp³-hybridized carbons (Fsp3) is 0.219. The first-order valence-electron chi connectivity index (χ1n) is 14.1. The zero-order chi connectivity index (χ0) is 30.6. The number of nitrogens with zero attached hydrogens (tertiary/aromatic N) is 6. The second-order valence-corrected chi connectivity index (χ2v) is 10.4. The molecule has 2 N–H and O–H groups in total. The predicted molar refractivity (Wildman–Crippen MR) is 165 cm³/mol. The molecule has 224 valence electrons. The van der Waals surface area contributed by atoms with Crippen molar-refractivity contribution in [1.29, 1.82) is 0 Å². The molecular formula is C32H31FN8O3. The summed E-state index contributed by atoms with van der Waals surface area (Å²) in [5.41, 5.74) is 3.31. The zero-order valence-electron chi connectivity index (χ0n) is 24.3. The van der Waals surface area contributed by atoms with Crippen LogP contribution < -0.4 is 20.1 Å². The van der Waals surface area contributed by atoms with E-state index >= 15 is 4.39 Å². The Kier molecular flexibility index (Phi) is 8.04. The van der Waals surface area contributed by atoms with E-state index in [4.69, 9.17) is 9.47 Å². The van der Waals surface area contributed by atoms with Crippen LogP contribution in [0.25, 0.3) is 16.6 Å². The van der Waals surface area contributed by atoms with E-state index < -0.39 is 5.82 Å². The number of amides is 1. The summed E-state index contributed by atoms with van der Waals surface area (Å²) in [6.07, 6.45) is 7.78. The molecule has 12 heteroatoms. The summed E-state index contributed by atoms with van der Waals surface area (Å²) in [5, 5.41) is 11.7. The van der Waals surface area contributed by atoms with Crippen LogP contribution in [0.2, 0.25) is 0 Å². The normalized spacial score (nSPS) is 13.5. The summed E-state index contributed by atoms with van der Waals surface area (Å²) in [4.78, 5) is 26.8. The zero-order valence-corrected chi connectivity index (χ0v) is 24.3. The molecule has 1 aliphatic rings. The molecule has 0 aliphatic carbocycles. The van der Waals surface area contributed by atoms with Crippen LogP contribution in [0.1, 0.15) is 18.5 Å². The van der Waals surface area contributed by atoms with Gasteiger partial charge < -0.3 is 25.0 Å². The number of carbonyl (C=O) groups excluding carboxylic acids is 1. The number of hydrogen-bond acceptors (Lipinski definition) is 9. The standard InChI is InChI=1S/C32H31FN8O3/c1-4-31(42)40-12-9-21(10-13-40)37-28-16-24-27(17-29(28)43-3)35-19-36-32(24)38-26-8-7-23(15-25(26)33)44-30-11-14-41(39-30)22-6-5-20(2)34-18-22/h4-8,11,14-19,21,37H,1,9-10,12-13H2,2-3H3,(H,35,36,38). The second-order valence-electron chi connectivity index (χ2n) is 10.4. The molecule has 0 saturated carbocycles. The maximum atomic E-state index is 15.3. The maximum Gasteiger partial charge on any atom is 0.245 e. The lowest BCUT2D eigenvalue weighted by Gasteiger charge is -2.32. The quantitative estimate of drug-likeness (QED) is 0.204. The number of benzene rings is 2. The van der Waals surface area contributed by atoms with Crippen molar-refractivity contribution < 1.29 is 18.7 Å². The molecule has 1 amide bonds. The van der Waals surface area contributed by atoms with Gasteiger partial charge in [-0.05, 0) is 56.2 Å². The number of likely N-dealkylation sites (tertiary alicyclic amines) is 1. The molecule has 44 heavy (non-hydrogen) atoms. The third-order valence-corrected chi connectivity index (χ3v) is 7.44. The number of anilines is 3. The first-order chi connectivity index (χ1) is 21.4. The van der Waals surface area contributed by atoms with E-state index in [1.54, 1.807) is 47.3 Å². The largest absolute Gasteiger partial charge is 0.495 e. The molecule has 5 aromatic rings. The summed E-state index contributed by atoms with van der Waals surface area (Å²) in [6, 6.07) is 13.9. The minimum absolute atomic E-state index is 0.0573. The Balaban J connectivity index is 1.18. The van der Waals surface area contributed by atoms with Crippen LogP contribution in [-0.2, 0) is 4.79 Å². The van der Waals surface area contributed by atoms with Crippen LogP contribution >= 0.6 is 0 Å². The van der Waals surface area contributed by atoms with Crippen molar-refractivity contribution in [2.24, 2.45) is 0 Å². The number of fused-ring (bicyclic) bond motifs is 1. The van der Waals surface area contributed by atoms with Gasteiger partial charge in [-0.3, -0.25) is 9.78 Å². The highest BCUT2D eigenvalue weighted by molar-refractivity contribution is 5.95. The average molecular weight is 595 g/mol. The summed E-state index contributed by atoms with van der Waals surface area (Å²) in [5.74, 6) is 1.09. The Morgan fingerprint density at radius 2 is 1.91 bits per heavy atom. The maximum absolute atomic E-state index is 15.3. The summed E-state index contributed by atoms with van der Waals surface area (Å²) in [6.45, 7) is 6.76. The van der Waals surface area contributed by atoms with E-state index in [0.717, 1.165) is 29.9 Å². The molecule has 1 aliphatic heterocycles. The molecule has 2 aromatic carbocycles. The lowest BCUT2D eigenvalue weighted by atomic mass is 10.0. The van der Waals surface area contributed by atoms with E-state index in [2.05, 4.69) is 37.3 Å². The lowest BCUT2D eigenvalue weighted by Crippen LogP contribution is -2.41. The number of aromatic nitrogens is 5. The number of halogens is 1. The van der Waals surface area contributed by atoms with Crippen molar-refractivity contribution in [3.63, 3.8) is 0 Å². The fourth-order valence-electron chi connectivity index (χ4n) is 5.07. The molecule has 0 unspecified atom stereocenters. The van der Waals surface area contributed by atoms with E-state index in [-0.39, 0.29) is 17.6 Å². The molecule has 0 radical (unpaired) electrons. The van der Waals surface area contributed by atoms with Gasteiger partial charge in [-0.1, -0.05) is 6.58 Å². The topological polar surface area (TPSA) is 119 Å². The molecular weight excluding hydrogens is 563 g/mol. The Bertz CT molecular complexity index is 1820. The van der Waals surface area contributed by atoms with Crippen molar-refractivity contribution in [2.45, 2.75) is 25.8 Å². The first-order valence-corrected chi connectivity index (χ1v) is 14.1. The highest BCUT2D eigenvalue weighted by Crippen LogP contribution is 2.35. The summed E-state index contributed by atoms with van der Waals surface area (Å²) in [7, 11) is 1.60. The third-order valence-electron chi connectivity index (χ3n) is 7.44. The SMILES string of the molecule is C=CC(=O)N1CCC(Nc2cc3c(Nc4ccc(Oc5ccn(-c6ccc(C)nc6)n5)cc4F)ncnc3cc2OC)CC1. The smallest absolute Gasteiger partial charge is 0.245 e.